The molecule has 3 aromatic heterocycles. The Morgan fingerprint density at radius 1 is 1.10 bits per heavy atom. The Labute approximate surface area is 182 Å². The summed E-state index contributed by atoms with van der Waals surface area (Å²) in [5.41, 5.74) is 3.57. The predicted octanol–water partition coefficient (Wildman–Crippen LogP) is 3.52. The molecule has 1 unspecified atom stereocenters. The molecule has 31 heavy (non-hydrogen) atoms. The van der Waals surface area contributed by atoms with E-state index in [-0.39, 0.29) is 18.6 Å². The van der Waals surface area contributed by atoms with E-state index < -0.39 is 0 Å². The van der Waals surface area contributed by atoms with E-state index in [0.29, 0.717) is 18.8 Å². The van der Waals surface area contributed by atoms with Gasteiger partial charge in [-0.05, 0) is 60.6 Å². The lowest BCUT2D eigenvalue weighted by atomic mass is 10.0. The molecule has 2 N–H and O–H groups in total. The first kappa shape index (κ1) is 19.8. The number of fused-ring (bicyclic) bond motifs is 2. The van der Waals surface area contributed by atoms with Crippen LogP contribution in [0.5, 0.6) is 0 Å². The van der Waals surface area contributed by atoms with Gasteiger partial charge in [0.25, 0.3) is 0 Å². The smallest absolute Gasteiger partial charge is 0.194 e. The summed E-state index contributed by atoms with van der Waals surface area (Å²) in [5, 5.41) is 19.0. The SMILES string of the molecule is OCCCNC1c2cc(-c3ccc(F)cc3)cnc2Sc2nc(-c3cccnc3)nn21. The average Bonchev–Trinajstić information content (AvgIpc) is 3.23. The van der Waals surface area contributed by atoms with Crippen molar-refractivity contribution in [2.24, 2.45) is 0 Å². The van der Waals surface area contributed by atoms with E-state index >= 15 is 0 Å². The highest BCUT2D eigenvalue weighted by Gasteiger charge is 2.30. The molecule has 5 rings (SSSR count). The molecule has 0 saturated heterocycles. The van der Waals surface area contributed by atoms with Crippen molar-refractivity contribution >= 4 is 11.8 Å². The Bertz CT molecular complexity index is 1200. The number of aliphatic hydroxyl groups excluding tert-OH is 1. The van der Waals surface area contributed by atoms with E-state index in [1.54, 1.807) is 30.7 Å². The summed E-state index contributed by atoms with van der Waals surface area (Å²) in [6, 6.07) is 12.2. The monoisotopic (exact) mass is 434 g/mol. The van der Waals surface area contributed by atoms with Crippen LogP contribution in [0.2, 0.25) is 0 Å². The quantitative estimate of drug-likeness (QED) is 0.449. The van der Waals surface area contributed by atoms with Crippen LogP contribution >= 0.6 is 11.8 Å². The second kappa shape index (κ2) is 8.54. The summed E-state index contributed by atoms with van der Waals surface area (Å²) in [5.74, 6) is 0.320. The topological polar surface area (TPSA) is 88.8 Å². The summed E-state index contributed by atoms with van der Waals surface area (Å²) < 4.78 is 15.2. The lowest BCUT2D eigenvalue weighted by molar-refractivity contribution is 0.277. The molecule has 1 aliphatic heterocycles. The van der Waals surface area contributed by atoms with Crippen LogP contribution in [0.15, 0.2) is 71.2 Å². The fourth-order valence-corrected chi connectivity index (χ4v) is 4.39. The van der Waals surface area contributed by atoms with Crippen LogP contribution in [-0.4, -0.2) is 43.0 Å². The van der Waals surface area contributed by atoms with Crippen molar-refractivity contribution in [3.05, 3.63) is 72.4 Å². The second-order valence-electron chi connectivity index (χ2n) is 7.07. The van der Waals surface area contributed by atoms with E-state index in [9.17, 15) is 9.50 Å². The molecule has 0 radical (unpaired) electrons. The Kier molecular flexibility index (Phi) is 5.46. The van der Waals surface area contributed by atoms with E-state index in [1.807, 2.05) is 22.9 Å². The standard InChI is InChI=1S/C22H19FN6OS/c23-17-6-4-14(5-7-17)16-11-18-20(25-9-2-10-30)29-22(31-21(18)26-13-16)27-19(28-29)15-3-1-8-24-12-15/h1,3-8,11-13,20,25,30H,2,9-10H2. The van der Waals surface area contributed by atoms with Gasteiger partial charge in [-0.2, -0.15) is 0 Å². The van der Waals surface area contributed by atoms with Gasteiger partial charge in [-0.1, -0.05) is 12.1 Å². The number of nitrogens with one attached hydrogen (secondary N) is 1. The summed E-state index contributed by atoms with van der Waals surface area (Å²) in [6.07, 6.45) is 5.56. The highest BCUT2D eigenvalue weighted by atomic mass is 32.2. The molecule has 4 aromatic rings. The molecule has 0 bridgehead atoms. The minimum Gasteiger partial charge on any atom is -0.396 e. The van der Waals surface area contributed by atoms with Crippen LogP contribution in [0.25, 0.3) is 22.5 Å². The van der Waals surface area contributed by atoms with Gasteiger partial charge in [0.05, 0.1) is 0 Å². The number of benzene rings is 1. The van der Waals surface area contributed by atoms with E-state index in [0.717, 1.165) is 32.4 Å². The molecule has 1 aliphatic rings. The van der Waals surface area contributed by atoms with E-state index in [2.05, 4.69) is 15.3 Å². The summed E-state index contributed by atoms with van der Waals surface area (Å²) in [4.78, 5) is 13.5. The van der Waals surface area contributed by atoms with Gasteiger partial charge in [0.1, 0.15) is 17.0 Å². The van der Waals surface area contributed by atoms with Crippen molar-refractivity contribution in [3.63, 3.8) is 0 Å². The third-order valence-electron chi connectivity index (χ3n) is 4.98. The molecule has 1 aromatic carbocycles. The number of halogens is 1. The maximum atomic E-state index is 13.3. The van der Waals surface area contributed by atoms with Gasteiger partial charge in [0, 0.05) is 41.9 Å². The zero-order valence-electron chi connectivity index (χ0n) is 16.4. The molecule has 0 spiro atoms. The van der Waals surface area contributed by atoms with Crippen LogP contribution in [0.4, 0.5) is 4.39 Å². The van der Waals surface area contributed by atoms with Crippen molar-refractivity contribution in [1.82, 2.24) is 30.0 Å². The molecule has 156 valence electrons. The number of nitrogens with zero attached hydrogens (tertiary/aromatic N) is 5. The van der Waals surface area contributed by atoms with Crippen molar-refractivity contribution in [2.45, 2.75) is 22.8 Å². The fourth-order valence-electron chi connectivity index (χ4n) is 3.45. The van der Waals surface area contributed by atoms with Crippen molar-refractivity contribution in [1.29, 1.82) is 0 Å². The van der Waals surface area contributed by atoms with Crippen LogP contribution in [-0.2, 0) is 0 Å². The van der Waals surface area contributed by atoms with Gasteiger partial charge >= 0.3 is 0 Å². The number of aliphatic hydroxyl groups is 1. The summed E-state index contributed by atoms with van der Waals surface area (Å²) in [6.45, 7) is 0.702. The molecule has 0 saturated carbocycles. The van der Waals surface area contributed by atoms with Crippen molar-refractivity contribution < 1.29 is 9.50 Å². The zero-order chi connectivity index (χ0) is 21.2. The third kappa shape index (κ3) is 3.95. The maximum Gasteiger partial charge on any atom is 0.194 e. The summed E-state index contributed by atoms with van der Waals surface area (Å²) in [7, 11) is 0. The molecular weight excluding hydrogens is 415 g/mol. The lowest BCUT2D eigenvalue weighted by Crippen LogP contribution is -2.32. The number of hydrogen-bond acceptors (Lipinski definition) is 7. The highest BCUT2D eigenvalue weighted by Crippen LogP contribution is 2.40. The molecular formula is C22H19FN6OS. The Hall–Kier alpha value is -3.14. The molecule has 4 heterocycles. The Balaban J connectivity index is 1.56. The van der Waals surface area contributed by atoms with Gasteiger partial charge in [0.15, 0.2) is 11.0 Å². The van der Waals surface area contributed by atoms with Crippen LogP contribution < -0.4 is 5.32 Å². The molecule has 7 nitrogen and oxygen atoms in total. The minimum atomic E-state index is -0.288. The molecule has 0 aliphatic carbocycles. The third-order valence-corrected chi connectivity index (χ3v) is 5.97. The van der Waals surface area contributed by atoms with Crippen molar-refractivity contribution in [3.8, 4) is 22.5 Å². The average molecular weight is 435 g/mol. The number of pyridine rings is 2. The lowest BCUT2D eigenvalue weighted by Gasteiger charge is -2.26. The van der Waals surface area contributed by atoms with Crippen LogP contribution in [0.3, 0.4) is 0 Å². The number of hydrogen-bond donors (Lipinski definition) is 2. The largest absolute Gasteiger partial charge is 0.396 e. The first-order valence-corrected chi connectivity index (χ1v) is 10.7. The van der Waals surface area contributed by atoms with Gasteiger partial charge in [-0.3, -0.25) is 10.3 Å². The van der Waals surface area contributed by atoms with E-state index in [1.165, 1.54) is 23.9 Å². The normalized spacial score (nSPS) is 14.8. The maximum absolute atomic E-state index is 13.3. The zero-order valence-corrected chi connectivity index (χ0v) is 17.3. The Morgan fingerprint density at radius 3 is 2.74 bits per heavy atom. The molecule has 9 heteroatoms. The Morgan fingerprint density at radius 2 is 1.97 bits per heavy atom. The fraction of sp³-hybridized carbons (Fsp3) is 0.182. The second-order valence-corrected chi connectivity index (χ2v) is 8.02. The highest BCUT2D eigenvalue weighted by molar-refractivity contribution is 7.99. The van der Waals surface area contributed by atoms with Gasteiger partial charge in [-0.25, -0.2) is 19.0 Å². The molecule has 1 atom stereocenters. The first-order chi connectivity index (χ1) is 15.2. The minimum absolute atomic E-state index is 0.0976. The van der Waals surface area contributed by atoms with Gasteiger partial charge in [-0.15, -0.1) is 5.10 Å². The van der Waals surface area contributed by atoms with Gasteiger partial charge < -0.3 is 5.11 Å². The van der Waals surface area contributed by atoms with Crippen LogP contribution in [0.1, 0.15) is 18.2 Å². The summed E-state index contributed by atoms with van der Waals surface area (Å²) >= 11 is 1.46. The van der Waals surface area contributed by atoms with E-state index in [4.69, 9.17) is 10.1 Å². The molecule has 0 fully saturated rings. The van der Waals surface area contributed by atoms with Gasteiger partial charge in [0.2, 0.25) is 0 Å². The number of aromatic nitrogens is 5. The molecule has 0 amide bonds. The van der Waals surface area contributed by atoms with Crippen LogP contribution in [0, 0.1) is 5.82 Å². The first-order valence-electron chi connectivity index (χ1n) is 9.88. The number of rotatable bonds is 6. The van der Waals surface area contributed by atoms with Crippen molar-refractivity contribution in [2.75, 3.05) is 13.2 Å². The predicted molar refractivity (Wildman–Crippen MR) is 115 cm³/mol.